The van der Waals surface area contributed by atoms with Gasteiger partial charge in [-0.25, -0.2) is 0 Å². The van der Waals surface area contributed by atoms with Crippen molar-refractivity contribution in [1.82, 2.24) is 4.90 Å². The van der Waals surface area contributed by atoms with Crippen LogP contribution in [0, 0.1) is 0 Å². The van der Waals surface area contributed by atoms with Crippen LogP contribution < -0.4 is 4.46 Å². The molecule has 0 amide bonds. The van der Waals surface area contributed by atoms with Crippen molar-refractivity contribution in [1.29, 1.82) is 0 Å². The molecular formula is C18H21NSe. The van der Waals surface area contributed by atoms with Crippen LogP contribution in [0.25, 0.3) is 0 Å². The molecule has 1 aliphatic heterocycles. The van der Waals surface area contributed by atoms with Gasteiger partial charge in [-0.05, 0) is 0 Å². The number of likely N-dealkylation sites (tertiary alicyclic amines) is 1. The zero-order valence-electron chi connectivity index (χ0n) is 11.7. The van der Waals surface area contributed by atoms with Crippen molar-refractivity contribution in [2.75, 3.05) is 6.54 Å². The molecule has 1 heterocycles. The summed E-state index contributed by atoms with van der Waals surface area (Å²) in [5, 5.41) is 1.35. The first-order valence-corrected chi connectivity index (χ1v) is 9.44. The Kier molecular flexibility index (Phi) is 4.91. The Bertz CT molecular complexity index is 511. The van der Waals surface area contributed by atoms with Gasteiger partial charge in [0.1, 0.15) is 0 Å². The third-order valence-electron chi connectivity index (χ3n) is 3.91. The predicted molar refractivity (Wildman–Crippen MR) is 86.5 cm³/mol. The van der Waals surface area contributed by atoms with E-state index in [1.165, 1.54) is 34.7 Å². The molecule has 2 aromatic carbocycles. The fourth-order valence-electron chi connectivity index (χ4n) is 2.82. The van der Waals surface area contributed by atoms with Gasteiger partial charge in [0.25, 0.3) is 0 Å². The second kappa shape index (κ2) is 7.08. The van der Waals surface area contributed by atoms with Crippen LogP contribution in [0.2, 0.25) is 5.32 Å². The van der Waals surface area contributed by atoms with Crippen LogP contribution in [0.5, 0.6) is 0 Å². The first-order valence-electron chi connectivity index (χ1n) is 7.37. The normalized spacial score (nSPS) is 19.3. The minimum absolute atomic E-state index is 0.616. The molecule has 104 valence electrons. The van der Waals surface area contributed by atoms with Gasteiger partial charge in [0.15, 0.2) is 0 Å². The van der Waals surface area contributed by atoms with Gasteiger partial charge in [0.2, 0.25) is 0 Å². The Morgan fingerprint density at radius 1 is 0.950 bits per heavy atom. The topological polar surface area (TPSA) is 3.24 Å². The van der Waals surface area contributed by atoms with E-state index >= 15 is 0 Å². The van der Waals surface area contributed by atoms with Crippen LogP contribution >= 0.6 is 0 Å². The van der Waals surface area contributed by atoms with E-state index in [1.807, 2.05) is 0 Å². The molecular weight excluding hydrogens is 309 g/mol. The molecule has 0 unspecified atom stereocenters. The monoisotopic (exact) mass is 331 g/mol. The van der Waals surface area contributed by atoms with E-state index in [1.54, 1.807) is 0 Å². The molecule has 0 radical (unpaired) electrons. The van der Waals surface area contributed by atoms with E-state index in [4.69, 9.17) is 0 Å². The van der Waals surface area contributed by atoms with E-state index in [9.17, 15) is 0 Å². The van der Waals surface area contributed by atoms with Crippen molar-refractivity contribution < 1.29 is 0 Å². The van der Waals surface area contributed by atoms with E-state index in [0.29, 0.717) is 15.0 Å². The fourth-order valence-corrected chi connectivity index (χ4v) is 5.15. The molecule has 2 heteroatoms. The number of benzene rings is 2. The molecule has 0 spiro atoms. The average Bonchev–Trinajstić information content (AvgIpc) is 2.94. The van der Waals surface area contributed by atoms with Crippen LogP contribution in [0.3, 0.4) is 0 Å². The minimum atomic E-state index is 0.616. The molecule has 0 N–H and O–H groups in total. The second-order valence-electron chi connectivity index (χ2n) is 5.38. The summed E-state index contributed by atoms with van der Waals surface area (Å²) in [6.07, 6.45) is 2.74. The standard InChI is InChI=1S/C18H21NSe/c1-3-8-16(9-4-1)14-19-13-7-10-17(19)15-20-18-11-5-2-6-12-18/h1-6,8-9,11-12,17H,7,10,13-15H2/t17-/m0/s1. The third-order valence-corrected chi connectivity index (χ3v) is 6.34. The van der Waals surface area contributed by atoms with Crippen LogP contribution in [0.15, 0.2) is 60.7 Å². The molecule has 1 aliphatic rings. The molecule has 2 aromatic rings. The van der Waals surface area contributed by atoms with Crippen molar-refractivity contribution in [3.8, 4) is 0 Å². The fraction of sp³-hybridized carbons (Fsp3) is 0.333. The molecule has 1 fully saturated rings. The molecule has 3 rings (SSSR count). The summed E-state index contributed by atoms with van der Waals surface area (Å²) in [5.74, 6) is 0. The van der Waals surface area contributed by atoms with Crippen LogP contribution in [0.1, 0.15) is 18.4 Å². The molecule has 1 saturated heterocycles. The maximum atomic E-state index is 2.68. The molecule has 0 aromatic heterocycles. The predicted octanol–water partition coefficient (Wildman–Crippen LogP) is 3.10. The molecule has 0 aliphatic carbocycles. The summed E-state index contributed by atoms with van der Waals surface area (Å²) in [5.41, 5.74) is 1.45. The zero-order chi connectivity index (χ0) is 13.6. The number of nitrogens with zero attached hydrogens (tertiary/aromatic N) is 1. The number of rotatable bonds is 5. The Morgan fingerprint density at radius 3 is 2.40 bits per heavy atom. The first-order chi connectivity index (χ1) is 9.92. The van der Waals surface area contributed by atoms with E-state index < -0.39 is 0 Å². The second-order valence-corrected chi connectivity index (χ2v) is 7.67. The van der Waals surface area contributed by atoms with Crippen molar-refractivity contribution in [2.45, 2.75) is 30.7 Å². The van der Waals surface area contributed by atoms with E-state index in [2.05, 4.69) is 65.6 Å². The van der Waals surface area contributed by atoms with Gasteiger partial charge in [-0.1, -0.05) is 0 Å². The zero-order valence-corrected chi connectivity index (χ0v) is 13.5. The van der Waals surface area contributed by atoms with Gasteiger partial charge in [0, 0.05) is 0 Å². The molecule has 20 heavy (non-hydrogen) atoms. The summed E-state index contributed by atoms with van der Waals surface area (Å²) in [6, 6.07) is 22.7. The Labute approximate surface area is 128 Å². The van der Waals surface area contributed by atoms with Crippen molar-refractivity contribution in [3.05, 3.63) is 66.2 Å². The van der Waals surface area contributed by atoms with E-state index in [0.717, 1.165) is 12.6 Å². The van der Waals surface area contributed by atoms with E-state index in [-0.39, 0.29) is 0 Å². The molecule has 0 saturated carbocycles. The van der Waals surface area contributed by atoms with Gasteiger partial charge >= 0.3 is 128 Å². The van der Waals surface area contributed by atoms with Gasteiger partial charge in [0.05, 0.1) is 0 Å². The van der Waals surface area contributed by atoms with Gasteiger partial charge in [-0.15, -0.1) is 0 Å². The summed E-state index contributed by atoms with van der Waals surface area (Å²) in [4.78, 5) is 2.68. The maximum absolute atomic E-state index is 2.68. The first kappa shape index (κ1) is 13.9. The molecule has 1 nitrogen and oxygen atoms in total. The van der Waals surface area contributed by atoms with Crippen molar-refractivity contribution in [2.24, 2.45) is 0 Å². The molecule has 1 atom stereocenters. The van der Waals surface area contributed by atoms with Gasteiger partial charge < -0.3 is 0 Å². The summed E-state index contributed by atoms with van der Waals surface area (Å²) < 4.78 is 1.53. The Morgan fingerprint density at radius 2 is 1.65 bits per heavy atom. The van der Waals surface area contributed by atoms with Crippen molar-refractivity contribution >= 4 is 19.4 Å². The summed E-state index contributed by atoms with van der Waals surface area (Å²) in [6.45, 7) is 2.39. The van der Waals surface area contributed by atoms with Gasteiger partial charge in [-0.3, -0.25) is 0 Å². The Hall–Kier alpha value is -1.08. The van der Waals surface area contributed by atoms with Gasteiger partial charge in [-0.2, -0.15) is 0 Å². The SMILES string of the molecule is c1ccc(CN2CCC[C@H]2C[Se]c2ccccc2)cc1. The number of hydrogen-bond donors (Lipinski definition) is 0. The summed E-state index contributed by atoms with van der Waals surface area (Å²) >= 11 is 0.616. The van der Waals surface area contributed by atoms with Crippen LogP contribution in [-0.4, -0.2) is 32.4 Å². The average molecular weight is 330 g/mol. The number of hydrogen-bond acceptors (Lipinski definition) is 1. The van der Waals surface area contributed by atoms with Crippen LogP contribution in [-0.2, 0) is 6.54 Å². The van der Waals surface area contributed by atoms with Crippen molar-refractivity contribution in [3.63, 3.8) is 0 Å². The summed E-state index contributed by atoms with van der Waals surface area (Å²) in [7, 11) is 0. The third kappa shape index (κ3) is 3.73. The van der Waals surface area contributed by atoms with Crippen LogP contribution in [0.4, 0.5) is 0 Å². The molecule has 0 bridgehead atoms. The Balaban J connectivity index is 1.56. The quantitative estimate of drug-likeness (QED) is 0.762.